The fraction of sp³-hybridized carbons (Fsp3) is 0.273. The molecule has 0 amide bonds. The minimum absolute atomic E-state index is 0.387. The highest BCUT2D eigenvalue weighted by atomic mass is 16.6. The van der Waals surface area contributed by atoms with Crippen LogP contribution in [0.25, 0.3) is 0 Å². The van der Waals surface area contributed by atoms with Crippen molar-refractivity contribution in [2.24, 2.45) is 0 Å². The van der Waals surface area contributed by atoms with Gasteiger partial charge in [0, 0.05) is 0 Å². The SMILES string of the molecule is COC(=O)[C@H](C)Oc1ccccc1C#N. The summed E-state index contributed by atoms with van der Waals surface area (Å²) in [6.45, 7) is 1.57. The van der Waals surface area contributed by atoms with Gasteiger partial charge in [0.25, 0.3) is 0 Å². The van der Waals surface area contributed by atoms with Gasteiger partial charge in [0.2, 0.25) is 0 Å². The highest BCUT2D eigenvalue weighted by molar-refractivity contribution is 5.74. The van der Waals surface area contributed by atoms with Crippen molar-refractivity contribution < 1.29 is 14.3 Å². The molecule has 0 aliphatic heterocycles. The summed E-state index contributed by atoms with van der Waals surface area (Å²) >= 11 is 0. The fourth-order valence-corrected chi connectivity index (χ4v) is 1.07. The van der Waals surface area contributed by atoms with Crippen molar-refractivity contribution in [3.05, 3.63) is 29.8 Å². The van der Waals surface area contributed by atoms with E-state index in [0.29, 0.717) is 11.3 Å². The minimum Gasteiger partial charge on any atom is -0.478 e. The summed E-state index contributed by atoms with van der Waals surface area (Å²) in [7, 11) is 1.29. The first-order chi connectivity index (χ1) is 7.19. The topological polar surface area (TPSA) is 59.3 Å². The molecule has 0 spiro atoms. The summed E-state index contributed by atoms with van der Waals surface area (Å²) in [4.78, 5) is 11.1. The third kappa shape index (κ3) is 2.71. The zero-order chi connectivity index (χ0) is 11.3. The van der Waals surface area contributed by atoms with Crippen LogP contribution in [0.2, 0.25) is 0 Å². The Kier molecular flexibility index (Phi) is 3.69. The Bertz CT molecular complexity index is 395. The first kappa shape index (κ1) is 11.1. The number of para-hydroxylation sites is 1. The Morgan fingerprint density at radius 3 is 2.73 bits per heavy atom. The van der Waals surface area contributed by atoms with E-state index in [4.69, 9.17) is 10.00 Å². The van der Waals surface area contributed by atoms with Gasteiger partial charge in [-0.15, -0.1) is 0 Å². The lowest BCUT2D eigenvalue weighted by Crippen LogP contribution is -2.25. The zero-order valence-electron chi connectivity index (χ0n) is 8.56. The molecular formula is C11H11NO3. The van der Waals surface area contributed by atoms with E-state index >= 15 is 0 Å². The summed E-state index contributed by atoms with van der Waals surface area (Å²) < 4.78 is 9.80. The Morgan fingerprint density at radius 1 is 1.47 bits per heavy atom. The van der Waals surface area contributed by atoms with Crippen molar-refractivity contribution in [2.75, 3.05) is 7.11 Å². The predicted octanol–water partition coefficient (Wildman–Crippen LogP) is 1.50. The standard InChI is InChI=1S/C11H11NO3/c1-8(11(13)14-2)15-10-6-4-3-5-9(10)7-12/h3-6,8H,1-2H3/t8-/m0/s1. The van der Waals surface area contributed by atoms with E-state index in [1.54, 1.807) is 31.2 Å². The van der Waals surface area contributed by atoms with Crippen LogP contribution in [0.15, 0.2) is 24.3 Å². The van der Waals surface area contributed by atoms with Crippen molar-refractivity contribution in [2.45, 2.75) is 13.0 Å². The van der Waals surface area contributed by atoms with Crippen LogP contribution in [0.1, 0.15) is 12.5 Å². The summed E-state index contributed by atoms with van der Waals surface area (Å²) in [5.41, 5.74) is 0.397. The molecule has 78 valence electrons. The molecule has 0 unspecified atom stereocenters. The van der Waals surface area contributed by atoms with Crippen LogP contribution >= 0.6 is 0 Å². The summed E-state index contributed by atoms with van der Waals surface area (Å²) in [6.07, 6.45) is -0.718. The molecule has 15 heavy (non-hydrogen) atoms. The van der Waals surface area contributed by atoms with Crippen LogP contribution in [0.4, 0.5) is 0 Å². The average Bonchev–Trinajstić information content (AvgIpc) is 2.28. The molecule has 0 heterocycles. The maximum absolute atomic E-state index is 11.1. The largest absolute Gasteiger partial charge is 0.478 e. The van der Waals surface area contributed by atoms with Crippen molar-refractivity contribution in [1.29, 1.82) is 5.26 Å². The maximum Gasteiger partial charge on any atom is 0.346 e. The number of benzene rings is 1. The number of nitriles is 1. The molecule has 1 rings (SSSR count). The average molecular weight is 205 g/mol. The van der Waals surface area contributed by atoms with Gasteiger partial charge in [0.1, 0.15) is 11.8 Å². The molecule has 0 radical (unpaired) electrons. The second kappa shape index (κ2) is 5.01. The van der Waals surface area contributed by atoms with Crippen LogP contribution in [-0.2, 0) is 9.53 Å². The van der Waals surface area contributed by atoms with E-state index in [-0.39, 0.29) is 0 Å². The van der Waals surface area contributed by atoms with Gasteiger partial charge >= 0.3 is 5.97 Å². The van der Waals surface area contributed by atoms with E-state index < -0.39 is 12.1 Å². The number of carbonyl (C=O) groups excluding carboxylic acids is 1. The van der Waals surface area contributed by atoms with E-state index in [0.717, 1.165) is 0 Å². The van der Waals surface area contributed by atoms with Gasteiger partial charge in [-0.25, -0.2) is 4.79 Å². The molecule has 0 aromatic heterocycles. The number of methoxy groups -OCH3 is 1. The van der Waals surface area contributed by atoms with Gasteiger partial charge < -0.3 is 9.47 Å². The van der Waals surface area contributed by atoms with Gasteiger partial charge in [0.15, 0.2) is 6.10 Å². The molecule has 0 aliphatic carbocycles. The first-order valence-corrected chi connectivity index (χ1v) is 4.42. The lowest BCUT2D eigenvalue weighted by molar-refractivity contribution is -0.147. The Balaban J connectivity index is 2.81. The first-order valence-electron chi connectivity index (χ1n) is 4.42. The van der Waals surface area contributed by atoms with E-state index in [9.17, 15) is 4.79 Å². The maximum atomic E-state index is 11.1. The Hall–Kier alpha value is -2.02. The Labute approximate surface area is 88.0 Å². The number of rotatable bonds is 3. The molecule has 1 atom stereocenters. The van der Waals surface area contributed by atoms with Crippen LogP contribution in [0.3, 0.4) is 0 Å². The minimum atomic E-state index is -0.718. The molecule has 1 aromatic rings. The second-order valence-electron chi connectivity index (χ2n) is 2.89. The second-order valence-corrected chi connectivity index (χ2v) is 2.89. The highest BCUT2D eigenvalue weighted by Crippen LogP contribution is 2.18. The fourth-order valence-electron chi connectivity index (χ4n) is 1.07. The third-order valence-corrected chi connectivity index (χ3v) is 1.84. The molecule has 0 bridgehead atoms. The zero-order valence-corrected chi connectivity index (χ0v) is 8.56. The van der Waals surface area contributed by atoms with Crippen molar-refractivity contribution >= 4 is 5.97 Å². The number of nitrogens with zero attached hydrogens (tertiary/aromatic N) is 1. The third-order valence-electron chi connectivity index (χ3n) is 1.84. The Morgan fingerprint density at radius 2 is 2.13 bits per heavy atom. The predicted molar refractivity (Wildman–Crippen MR) is 53.3 cm³/mol. The lowest BCUT2D eigenvalue weighted by atomic mass is 10.2. The van der Waals surface area contributed by atoms with Crippen LogP contribution < -0.4 is 4.74 Å². The number of carbonyl (C=O) groups is 1. The summed E-state index contributed by atoms with van der Waals surface area (Å²) in [5.74, 6) is -0.0827. The molecule has 0 fully saturated rings. The molecule has 0 N–H and O–H groups in total. The van der Waals surface area contributed by atoms with E-state index in [1.165, 1.54) is 7.11 Å². The van der Waals surface area contributed by atoms with Gasteiger partial charge in [-0.3, -0.25) is 0 Å². The van der Waals surface area contributed by atoms with Gasteiger partial charge in [-0.1, -0.05) is 12.1 Å². The van der Waals surface area contributed by atoms with Crippen LogP contribution in [0, 0.1) is 11.3 Å². The van der Waals surface area contributed by atoms with Gasteiger partial charge in [0.05, 0.1) is 12.7 Å². The highest BCUT2D eigenvalue weighted by Gasteiger charge is 2.16. The lowest BCUT2D eigenvalue weighted by Gasteiger charge is -2.12. The number of hydrogen-bond acceptors (Lipinski definition) is 4. The summed E-state index contributed by atoms with van der Waals surface area (Å²) in [5, 5.41) is 8.78. The molecule has 0 aliphatic rings. The quantitative estimate of drug-likeness (QED) is 0.701. The molecule has 0 saturated heterocycles. The van der Waals surface area contributed by atoms with Gasteiger partial charge in [-0.05, 0) is 19.1 Å². The normalized spacial score (nSPS) is 11.3. The number of ether oxygens (including phenoxy) is 2. The summed E-state index contributed by atoms with van der Waals surface area (Å²) in [6, 6.07) is 8.71. The smallest absolute Gasteiger partial charge is 0.346 e. The number of esters is 1. The van der Waals surface area contributed by atoms with E-state index in [2.05, 4.69) is 4.74 Å². The number of hydrogen-bond donors (Lipinski definition) is 0. The monoisotopic (exact) mass is 205 g/mol. The molecule has 1 aromatic carbocycles. The van der Waals surface area contributed by atoms with Crippen LogP contribution in [-0.4, -0.2) is 19.2 Å². The molecule has 0 saturated carbocycles. The van der Waals surface area contributed by atoms with E-state index in [1.807, 2.05) is 6.07 Å². The van der Waals surface area contributed by atoms with Crippen molar-refractivity contribution in [3.8, 4) is 11.8 Å². The van der Waals surface area contributed by atoms with Gasteiger partial charge in [-0.2, -0.15) is 5.26 Å². The van der Waals surface area contributed by atoms with Crippen molar-refractivity contribution in [3.63, 3.8) is 0 Å². The molecule has 4 nitrogen and oxygen atoms in total. The van der Waals surface area contributed by atoms with Crippen LogP contribution in [0.5, 0.6) is 5.75 Å². The molecule has 4 heteroatoms. The molecular weight excluding hydrogens is 194 g/mol. The van der Waals surface area contributed by atoms with Crippen molar-refractivity contribution in [1.82, 2.24) is 0 Å².